The van der Waals surface area contributed by atoms with Crippen molar-refractivity contribution in [2.75, 3.05) is 16.8 Å². The highest BCUT2D eigenvalue weighted by Gasteiger charge is 2.22. The second-order valence-electron chi connectivity index (χ2n) is 6.48. The van der Waals surface area contributed by atoms with Crippen LogP contribution in [0.1, 0.15) is 53.4 Å². The Labute approximate surface area is 117 Å². The number of pyridine rings is 1. The van der Waals surface area contributed by atoms with Crippen LogP contribution in [0.25, 0.3) is 0 Å². The average Bonchev–Trinajstić information content (AvgIpc) is 2.82. The summed E-state index contributed by atoms with van der Waals surface area (Å²) < 4.78 is 0. The monoisotopic (exact) mass is 261 g/mol. The van der Waals surface area contributed by atoms with E-state index in [1.807, 2.05) is 0 Å². The first kappa shape index (κ1) is 14.2. The molecular formula is C16H27N3. The van der Waals surface area contributed by atoms with E-state index in [2.05, 4.69) is 56.1 Å². The summed E-state index contributed by atoms with van der Waals surface area (Å²) >= 11 is 0. The Balaban J connectivity index is 2.16. The van der Waals surface area contributed by atoms with Crippen LogP contribution in [0, 0.1) is 0 Å². The van der Waals surface area contributed by atoms with Crippen molar-refractivity contribution in [2.45, 2.75) is 65.0 Å². The van der Waals surface area contributed by atoms with Crippen LogP contribution >= 0.6 is 0 Å². The van der Waals surface area contributed by atoms with Crippen molar-refractivity contribution in [2.24, 2.45) is 0 Å². The van der Waals surface area contributed by atoms with Gasteiger partial charge in [-0.2, -0.15) is 0 Å². The molecule has 0 aromatic carbocycles. The third-order valence-electron chi connectivity index (χ3n) is 3.64. The molecule has 1 aromatic heterocycles. The minimum absolute atomic E-state index is 0.0516. The molecule has 0 aliphatic heterocycles. The van der Waals surface area contributed by atoms with Crippen LogP contribution in [-0.2, 0) is 0 Å². The normalized spacial score (nSPS) is 16.6. The molecule has 0 spiro atoms. The lowest BCUT2D eigenvalue weighted by atomic mass is 10.1. The van der Waals surface area contributed by atoms with Crippen LogP contribution in [-0.4, -0.2) is 23.1 Å². The number of nitrogens with one attached hydrogen (secondary N) is 1. The van der Waals surface area contributed by atoms with Crippen LogP contribution in [0.5, 0.6) is 0 Å². The molecule has 1 heterocycles. The van der Waals surface area contributed by atoms with Gasteiger partial charge in [0.1, 0.15) is 11.6 Å². The van der Waals surface area contributed by atoms with Crippen molar-refractivity contribution < 1.29 is 0 Å². The molecule has 0 radical (unpaired) electrons. The van der Waals surface area contributed by atoms with Gasteiger partial charge < -0.3 is 10.2 Å². The van der Waals surface area contributed by atoms with Gasteiger partial charge in [-0.15, -0.1) is 0 Å². The number of nitrogens with zero attached hydrogens (tertiary/aromatic N) is 2. The highest BCUT2D eigenvalue weighted by molar-refractivity contribution is 5.48. The molecule has 1 aliphatic rings. The molecule has 19 heavy (non-hydrogen) atoms. The van der Waals surface area contributed by atoms with E-state index in [-0.39, 0.29) is 5.54 Å². The molecule has 0 saturated heterocycles. The zero-order valence-electron chi connectivity index (χ0n) is 12.7. The van der Waals surface area contributed by atoms with Gasteiger partial charge in [0.15, 0.2) is 0 Å². The lowest BCUT2D eigenvalue weighted by Crippen LogP contribution is -2.34. The summed E-state index contributed by atoms with van der Waals surface area (Å²) in [5.74, 6) is 2.09. The Morgan fingerprint density at radius 3 is 2.53 bits per heavy atom. The first-order valence-electron chi connectivity index (χ1n) is 7.51. The SMILES string of the molecule is CCN(c1cccc(NC(C)(C)C)n1)C1CCCC1. The number of hydrogen-bond acceptors (Lipinski definition) is 3. The molecule has 3 nitrogen and oxygen atoms in total. The minimum atomic E-state index is 0.0516. The molecular weight excluding hydrogens is 234 g/mol. The van der Waals surface area contributed by atoms with Gasteiger partial charge in [0.25, 0.3) is 0 Å². The minimum Gasteiger partial charge on any atom is -0.365 e. The van der Waals surface area contributed by atoms with Gasteiger partial charge in [0.2, 0.25) is 0 Å². The van der Waals surface area contributed by atoms with E-state index >= 15 is 0 Å². The van der Waals surface area contributed by atoms with Crippen LogP contribution in [0.4, 0.5) is 11.6 Å². The summed E-state index contributed by atoms with van der Waals surface area (Å²) in [5.41, 5.74) is 0.0516. The van der Waals surface area contributed by atoms with Gasteiger partial charge in [0.05, 0.1) is 0 Å². The first-order valence-corrected chi connectivity index (χ1v) is 7.51. The van der Waals surface area contributed by atoms with Crippen molar-refractivity contribution in [1.29, 1.82) is 0 Å². The van der Waals surface area contributed by atoms with Crippen molar-refractivity contribution in [3.63, 3.8) is 0 Å². The lowest BCUT2D eigenvalue weighted by molar-refractivity contribution is 0.609. The predicted molar refractivity (Wildman–Crippen MR) is 82.9 cm³/mol. The fourth-order valence-electron chi connectivity index (χ4n) is 2.86. The summed E-state index contributed by atoms with van der Waals surface area (Å²) in [5, 5.41) is 3.45. The Morgan fingerprint density at radius 2 is 1.95 bits per heavy atom. The van der Waals surface area contributed by atoms with Gasteiger partial charge in [-0.1, -0.05) is 18.9 Å². The van der Waals surface area contributed by atoms with Crippen LogP contribution in [0.2, 0.25) is 0 Å². The number of aromatic nitrogens is 1. The van der Waals surface area contributed by atoms with Crippen molar-refractivity contribution >= 4 is 11.6 Å². The van der Waals surface area contributed by atoms with Gasteiger partial charge in [-0.3, -0.25) is 0 Å². The second kappa shape index (κ2) is 5.81. The largest absolute Gasteiger partial charge is 0.365 e. The van der Waals surface area contributed by atoms with Crippen LogP contribution in [0.15, 0.2) is 18.2 Å². The Hall–Kier alpha value is -1.25. The third kappa shape index (κ3) is 3.85. The maximum absolute atomic E-state index is 4.79. The fourth-order valence-corrected chi connectivity index (χ4v) is 2.86. The molecule has 0 atom stereocenters. The van der Waals surface area contributed by atoms with Gasteiger partial charge >= 0.3 is 0 Å². The highest BCUT2D eigenvalue weighted by atomic mass is 15.2. The average molecular weight is 261 g/mol. The van der Waals surface area contributed by atoms with Crippen molar-refractivity contribution in [3.8, 4) is 0 Å². The summed E-state index contributed by atoms with van der Waals surface area (Å²) in [4.78, 5) is 7.25. The molecule has 106 valence electrons. The maximum atomic E-state index is 4.79. The fraction of sp³-hybridized carbons (Fsp3) is 0.688. The smallest absolute Gasteiger partial charge is 0.131 e. The van der Waals surface area contributed by atoms with Gasteiger partial charge in [-0.05, 0) is 52.7 Å². The van der Waals surface area contributed by atoms with Crippen LogP contribution < -0.4 is 10.2 Å². The lowest BCUT2D eigenvalue weighted by Gasteiger charge is -2.30. The van der Waals surface area contributed by atoms with Crippen molar-refractivity contribution in [1.82, 2.24) is 4.98 Å². The summed E-state index contributed by atoms with van der Waals surface area (Å²) in [6.07, 6.45) is 5.35. The molecule has 1 N–H and O–H groups in total. The summed E-state index contributed by atoms with van der Waals surface area (Å²) in [7, 11) is 0. The zero-order valence-corrected chi connectivity index (χ0v) is 12.7. The van der Waals surface area contributed by atoms with E-state index in [4.69, 9.17) is 4.98 Å². The molecule has 1 aliphatic carbocycles. The number of rotatable bonds is 4. The Bertz CT molecular complexity index is 403. The summed E-state index contributed by atoms with van der Waals surface area (Å²) in [6, 6.07) is 6.98. The van der Waals surface area contributed by atoms with Gasteiger partial charge in [-0.25, -0.2) is 4.98 Å². The predicted octanol–water partition coefficient (Wildman–Crippen LogP) is 4.06. The van der Waals surface area contributed by atoms with Crippen molar-refractivity contribution in [3.05, 3.63) is 18.2 Å². The third-order valence-corrected chi connectivity index (χ3v) is 3.64. The zero-order chi connectivity index (χ0) is 13.9. The van der Waals surface area contributed by atoms with E-state index in [0.29, 0.717) is 6.04 Å². The highest BCUT2D eigenvalue weighted by Crippen LogP contribution is 2.27. The molecule has 1 aromatic rings. The summed E-state index contributed by atoms with van der Waals surface area (Å²) in [6.45, 7) is 9.75. The maximum Gasteiger partial charge on any atom is 0.131 e. The standard InChI is InChI=1S/C16H27N3/c1-5-19(13-9-6-7-10-13)15-12-8-11-14(17-15)18-16(2,3)4/h8,11-13H,5-7,9-10H2,1-4H3,(H,17,18). The number of anilines is 2. The van der Waals surface area contributed by atoms with E-state index in [9.17, 15) is 0 Å². The second-order valence-corrected chi connectivity index (χ2v) is 6.48. The topological polar surface area (TPSA) is 28.2 Å². The molecule has 1 saturated carbocycles. The number of hydrogen-bond donors (Lipinski definition) is 1. The molecule has 0 amide bonds. The molecule has 3 heteroatoms. The van der Waals surface area contributed by atoms with Gasteiger partial charge in [0, 0.05) is 18.1 Å². The van der Waals surface area contributed by atoms with E-state index in [1.165, 1.54) is 25.7 Å². The van der Waals surface area contributed by atoms with E-state index in [0.717, 1.165) is 18.2 Å². The molecule has 0 bridgehead atoms. The van der Waals surface area contributed by atoms with E-state index in [1.54, 1.807) is 0 Å². The molecule has 0 unspecified atom stereocenters. The van der Waals surface area contributed by atoms with Crippen LogP contribution in [0.3, 0.4) is 0 Å². The van der Waals surface area contributed by atoms with E-state index < -0.39 is 0 Å². The Kier molecular flexibility index (Phi) is 4.33. The molecule has 1 fully saturated rings. The quantitative estimate of drug-likeness (QED) is 0.886. The Morgan fingerprint density at radius 1 is 1.26 bits per heavy atom. The molecule has 2 rings (SSSR count). The first-order chi connectivity index (χ1) is 8.99.